The molecule has 0 N–H and O–H groups in total. The Kier molecular flexibility index (Phi) is 2.69. The second-order valence-corrected chi connectivity index (χ2v) is 3.18. The van der Waals surface area contributed by atoms with E-state index in [9.17, 15) is 4.79 Å². The molecule has 1 aliphatic rings. The highest BCUT2D eigenvalue weighted by atomic mass is 16.5. The quantitative estimate of drug-likeness (QED) is 0.458. The van der Waals surface area contributed by atoms with E-state index in [0.29, 0.717) is 18.1 Å². The second-order valence-electron chi connectivity index (χ2n) is 3.18. The third-order valence-corrected chi connectivity index (χ3v) is 2.02. The van der Waals surface area contributed by atoms with E-state index in [4.69, 9.17) is 4.74 Å². The van der Waals surface area contributed by atoms with Gasteiger partial charge in [0.05, 0.1) is 6.61 Å². The molecule has 2 heteroatoms. The van der Waals surface area contributed by atoms with Crippen LogP contribution in [-0.2, 0) is 9.53 Å². The molecule has 0 aromatic carbocycles. The predicted octanol–water partition coefficient (Wildman–Crippen LogP) is 1.91. The van der Waals surface area contributed by atoms with Crippen molar-refractivity contribution in [2.24, 2.45) is 5.92 Å². The summed E-state index contributed by atoms with van der Waals surface area (Å²) in [6.07, 6.45) is 3.71. The van der Waals surface area contributed by atoms with Crippen LogP contribution in [0.15, 0.2) is 12.2 Å². The van der Waals surface area contributed by atoms with Crippen LogP contribution in [-0.4, -0.2) is 12.6 Å². The Morgan fingerprint density at radius 2 is 2.27 bits per heavy atom. The van der Waals surface area contributed by atoms with Gasteiger partial charge in [-0.1, -0.05) is 13.0 Å². The van der Waals surface area contributed by atoms with E-state index in [-0.39, 0.29) is 5.97 Å². The van der Waals surface area contributed by atoms with Gasteiger partial charge in [0.15, 0.2) is 0 Å². The number of esters is 1. The lowest BCUT2D eigenvalue weighted by Gasteiger charge is -2.24. The maximum atomic E-state index is 10.9. The molecule has 0 bridgehead atoms. The number of carbonyl (C=O) groups excluding carboxylic acids is 1. The highest BCUT2D eigenvalue weighted by Gasteiger charge is 2.18. The van der Waals surface area contributed by atoms with Gasteiger partial charge in [0, 0.05) is 5.57 Å². The summed E-state index contributed by atoms with van der Waals surface area (Å²) in [6, 6.07) is 0. The summed E-state index contributed by atoms with van der Waals surface area (Å²) >= 11 is 0. The summed E-state index contributed by atoms with van der Waals surface area (Å²) in [5.74, 6) is 0.371. The third kappa shape index (κ3) is 2.37. The zero-order valence-electron chi connectivity index (χ0n) is 6.93. The van der Waals surface area contributed by atoms with Gasteiger partial charge in [0.1, 0.15) is 0 Å². The zero-order chi connectivity index (χ0) is 8.27. The molecule has 62 valence electrons. The highest BCUT2D eigenvalue weighted by molar-refractivity contribution is 5.86. The SMILES string of the molecule is C=C(C)C(=O)OCC1CCC1. The molecule has 0 atom stereocenters. The zero-order valence-corrected chi connectivity index (χ0v) is 6.93. The van der Waals surface area contributed by atoms with E-state index in [1.807, 2.05) is 0 Å². The van der Waals surface area contributed by atoms with Gasteiger partial charge in [0.25, 0.3) is 0 Å². The molecule has 1 aliphatic carbocycles. The number of rotatable bonds is 3. The van der Waals surface area contributed by atoms with Gasteiger partial charge in [-0.05, 0) is 25.7 Å². The maximum absolute atomic E-state index is 10.9. The summed E-state index contributed by atoms with van der Waals surface area (Å²) in [4.78, 5) is 10.9. The van der Waals surface area contributed by atoms with Gasteiger partial charge < -0.3 is 4.74 Å². The molecule has 0 aliphatic heterocycles. The first-order valence-electron chi connectivity index (χ1n) is 4.03. The van der Waals surface area contributed by atoms with Gasteiger partial charge in [-0.25, -0.2) is 4.79 Å². The molecular weight excluding hydrogens is 140 g/mol. The molecule has 0 amide bonds. The molecule has 1 saturated carbocycles. The van der Waals surface area contributed by atoms with Crippen LogP contribution < -0.4 is 0 Å². The summed E-state index contributed by atoms with van der Waals surface area (Å²) in [6.45, 7) is 5.76. The molecule has 0 heterocycles. The molecule has 0 unspecified atom stereocenters. The minimum atomic E-state index is -0.253. The minimum absolute atomic E-state index is 0.253. The summed E-state index contributed by atoms with van der Waals surface area (Å²) < 4.78 is 4.97. The first kappa shape index (κ1) is 8.31. The van der Waals surface area contributed by atoms with Crippen LogP contribution in [0.3, 0.4) is 0 Å². The molecular formula is C9H14O2. The Labute approximate surface area is 67.2 Å². The summed E-state index contributed by atoms with van der Waals surface area (Å²) in [5, 5.41) is 0. The largest absolute Gasteiger partial charge is 0.462 e. The Morgan fingerprint density at radius 1 is 1.64 bits per heavy atom. The van der Waals surface area contributed by atoms with Crippen LogP contribution in [0.2, 0.25) is 0 Å². The fourth-order valence-electron chi connectivity index (χ4n) is 0.976. The molecule has 0 spiro atoms. The van der Waals surface area contributed by atoms with Gasteiger partial charge in [0.2, 0.25) is 0 Å². The molecule has 0 aromatic heterocycles. The first-order chi connectivity index (χ1) is 5.20. The number of hydrogen-bond acceptors (Lipinski definition) is 2. The van der Waals surface area contributed by atoms with Gasteiger partial charge in [-0.2, -0.15) is 0 Å². The molecule has 0 aromatic rings. The van der Waals surface area contributed by atoms with Gasteiger partial charge in [-0.15, -0.1) is 0 Å². The first-order valence-corrected chi connectivity index (χ1v) is 4.03. The Morgan fingerprint density at radius 3 is 2.64 bits per heavy atom. The van der Waals surface area contributed by atoms with Gasteiger partial charge >= 0.3 is 5.97 Å². The van der Waals surface area contributed by atoms with E-state index in [1.54, 1.807) is 6.92 Å². The topological polar surface area (TPSA) is 26.3 Å². The lowest BCUT2D eigenvalue weighted by Crippen LogP contribution is -2.20. The highest BCUT2D eigenvalue weighted by Crippen LogP contribution is 2.26. The average Bonchev–Trinajstić information content (AvgIpc) is 1.83. The normalized spacial score (nSPS) is 17.2. The van der Waals surface area contributed by atoms with Crippen molar-refractivity contribution in [3.8, 4) is 0 Å². The van der Waals surface area contributed by atoms with Crippen LogP contribution in [0.25, 0.3) is 0 Å². The fourth-order valence-corrected chi connectivity index (χ4v) is 0.976. The monoisotopic (exact) mass is 154 g/mol. The summed E-state index contributed by atoms with van der Waals surface area (Å²) in [5.41, 5.74) is 0.490. The van der Waals surface area contributed by atoms with Crippen molar-refractivity contribution in [3.63, 3.8) is 0 Å². The lowest BCUT2D eigenvalue weighted by molar-refractivity contribution is -0.141. The van der Waals surface area contributed by atoms with E-state index in [1.165, 1.54) is 19.3 Å². The van der Waals surface area contributed by atoms with Crippen LogP contribution in [0.4, 0.5) is 0 Å². The van der Waals surface area contributed by atoms with E-state index in [0.717, 1.165) is 0 Å². The molecule has 0 radical (unpaired) electrons. The van der Waals surface area contributed by atoms with Gasteiger partial charge in [-0.3, -0.25) is 0 Å². The van der Waals surface area contributed by atoms with Crippen LogP contribution in [0.1, 0.15) is 26.2 Å². The molecule has 1 rings (SSSR count). The minimum Gasteiger partial charge on any atom is -0.462 e. The van der Waals surface area contributed by atoms with Crippen LogP contribution >= 0.6 is 0 Å². The molecule has 2 nitrogen and oxygen atoms in total. The Bertz CT molecular complexity index is 168. The van der Waals surface area contributed by atoms with Crippen molar-refractivity contribution in [1.82, 2.24) is 0 Å². The standard InChI is InChI=1S/C9H14O2/c1-7(2)9(10)11-6-8-4-3-5-8/h8H,1,3-6H2,2H3. The average molecular weight is 154 g/mol. The van der Waals surface area contributed by atoms with Crippen molar-refractivity contribution in [2.75, 3.05) is 6.61 Å². The van der Waals surface area contributed by atoms with E-state index < -0.39 is 0 Å². The van der Waals surface area contributed by atoms with E-state index >= 15 is 0 Å². The third-order valence-electron chi connectivity index (χ3n) is 2.02. The molecule has 1 fully saturated rings. The van der Waals surface area contributed by atoms with E-state index in [2.05, 4.69) is 6.58 Å². The Balaban J connectivity index is 2.10. The fraction of sp³-hybridized carbons (Fsp3) is 0.667. The van der Waals surface area contributed by atoms with Crippen molar-refractivity contribution in [2.45, 2.75) is 26.2 Å². The van der Waals surface area contributed by atoms with Crippen molar-refractivity contribution < 1.29 is 9.53 Å². The van der Waals surface area contributed by atoms with Crippen LogP contribution in [0, 0.1) is 5.92 Å². The molecule has 0 saturated heterocycles. The predicted molar refractivity (Wildman–Crippen MR) is 43.1 cm³/mol. The van der Waals surface area contributed by atoms with Crippen molar-refractivity contribution >= 4 is 5.97 Å². The number of hydrogen-bond donors (Lipinski definition) is 0. The lowest BCUT2D eigenvalue weighted by atomic mass is 9.86. The summed E-state index contributed by atoms with van der Waals surface area (Å²) in [7, 11) is 0. The van der Waals surface area contributed by atoms with Crippen molar-refractivity contribution in [1.29, 1.82) is 0 Å². The smallest absolute Gasteiger partial charge is 0.333 e. The second kappa shape index (κ2) is 3.56. The Hall–Kier alpha value is -0.790. The van der Waals surface area contributed by atoms with Crippen LogP contribution in [0.5, 0.6) is 0 Å². The number of ether oxygens (including phenoxy) is 1. The molecule has 11 heavy (non-hydrogen) atoms. The maximum Gasteiger partial charge on any atom is 0.333 e. The number of carbonyl (C=O) groups is 1. The van der Waals surface area contributed by atoms with Crippen molar-refractivity contribution in [3.05, 3.63) is 12.2 Å².